The molecule has 1 aromatic heterocycles. The van der Waals surface area contributed by atoms with E-state index in [9.17, 15) is 13.6 Å². The summed E-state index contributed by atoms with van der Waals surface area (Å²) < 4.78 is 26.4. The van der Waals surface area contributed by atoms with E-state index in [4.69, 9.17) is 0 Å². The summed E-state index contributed by atoms with van der Waals surface area (Å²) >= 11 is 0. The lowest BCUT2D eigenvalue weighted by Gasteiger charge is -2.07. The minimum absolute atomic E-state index is 0.0865. The highest BCUT2D eigenvalue weighted by molar-refractivity contribution is 5.93. The van der Waals surface area contributed by atoms with Crippen LogP contribution in [0.2, 0.25) is 0 Å². The van der Waals surface area contributed by atoms with E-state index in [1.54, 1.807) is 30.3 Å². The maximum absolute atomic E-state index is 13.6. The quantitative estimate of drug-likeness (QED) is 0.671. The van der Waals surface area contributed by atoms with Gasteiger partial charge in [0.1, 0.15) is 11.6 Å². The van der Waals surface area contributed by atoms with Crippen molar-refractivity contribution in [1.29, 1.82) is 0 Å². The molecule has 0 bridgehead atoms. The van der Waals surface area contributed by atoms with Gasteiger partial charge >= 0.3 is 0 Å². The largest absolute Gasteiger partial charge is 0.354 e. The topological polar surface area (TPSA) is 66.9 Å². The lowest BCUT2D eigenvalue weighted by atomic mass is 10.1. The van der Waals surface area contributed by atoms with Gasteiger partial charge in [-0.3, -0.25) is 4.79 Å². The first-order valence-corrected chi connectivity index (χ1v) is 8.44. The molecule has 0 saturated carbocycles. The van der Waals surface area contributed by atoms with E-state index in [1.165, 1.54) is 30.6 Å². The molecule has 138 valence electrons. The molecule has 0 unspecified atom stereocenters. The zero-order chi connectivity index (χ0) is 19.1. The van der Waals surface area contributed by atoms with E-state index in [0.717, 1.165) is 5.56 Å². The number of benzene rings is 2. The summed E-state index contributed by atoms with van der Waals surface area (Å²) in [7, 11) is 0. The Morgan fingerprint density at radius 2 is 1.67 bits per heavy atom. The summed E-state index contributed by atoms with van der Waals surface area (Å²) in [6, 6.07) is 12.5. The Morgan fingerprint density at radius 3 is 2.37 bits per heavy atom. The highest BCUT2D eigenvalue weighted by Crippen LogP contribution is 2.07. The molecule has 7 heteroatoms. The molecule has 1 amide bonds. The van der Waals surface area contributed by atoms with E-state index in [0.29, 0.717) is 24.5 Å². The van der Waals surface area contributed by atoms with Crippen LogP contribution in [0.5, 0.6) is 0 Å². The summed E-state index contributed by atoms with van der Waals surface area (Å²) in [6.45, 7) is 0.660. The van der Waals surface area contributed by atoms with Crippen molar-refractivity contribution in [2.45, 2.75) is 13.0 Å². The average Bonchev–Trinajstić information content (AvgIpc) is 2.69. The molecule has 0 spiro atoms. The minimum Gasteiger partial charge on any atom is -0.354 e. The Bertz CT molecular complexity index is 899. The number of rotatable bonds is 7. The van der Waals surface area contributed by atoms with Crippen molar-refractivity contribution in [3.8, 4) is 0 Å². The van der Waals surface area contributed by atoms with Gasteiger partial charge in [-0.05, 0) is 30.2 Å². The number of carbonyl (C=O) groups is 1. The monoisotopic (exact) mass is 368 g/mol. The minimum atomic E-state index is -0.379. The first-order chi connectivity index (χ1) is 13.1. The van der Waals surface area contributed by atoms with Gasteiger partial charge in [0.25, 0.3) is 5.91 Å². The number of carbonyl (C=O) groups excluding carboxylic acids is 1. The lowest BCUT2D eigenvalue weighted by Crippen LogP contribution is -2.23. The molecule has 3 rings (SSSR count). The number of halogens is 2. The fraction of sp³-hybridized carbons (Fsp3) is 0.150. The normalized spacial score (nSPS) is 10.4. The second-order valence-electron chi connectivity index (χ2n) is 5.87. The SMILES string of the molecule is O=C(NCc1ccccc1F)c1cnc(NCCc2ccc(F)cc2)nc1. The molecule has 0 aliphatic heterocycles. The van der Waals surface area contributed by atoms with Crippen molar-refractivity contribution >= 4 is 11.9 Å². The molecule has 0 aliphatic carbocycles. The van der Waals surface area contributed by atoms with Crippen LogP contribution in [0.25, 0.3) is 0 Å². The van der Waals surface area contributed by atoms with Crippen molar-refractivity contribution in [3.63, 3.8) is 0 Å². The maximum Gasteiger partial charge on any atom is 0.254 e. The molecule has 2 aromatic carbocycles. The molecule has 27 heavy (non-hydrogen) atoms. The number of amides is 1. The Balaban J connectivity index is 1.48. The smallest absolute Gasteiger partial charge is 0.254 e. The first kappa shape index (κ1) is 18.4. The van der Waals surface area contributed by atoms with Crippen LogP contribution in [0.1, 0.15) is 21.5 Å². The van der Waals surface area contributed by atoms with Crippen LogP contribution in [0.3, 0.4) is 0 Å². The van der Waals surface area contributed by atoms with Gasteiger partial charge in [0.15, 0.2) is 0 Å². The lowest BCUT2D eigenvalue weighted by molar-refractivity contribution is 0.0950. The van der Waals surface area contributed by atoms with Crippen LogP contribution < -0.4 is 10.6 Å². The molecule has 0 radical (unpaired) electrons. The molecule has 0 atom stereocenters. The van der Waals surface area contributed by atoms with Crippen molar-refractivity contribution in [1.82, 2.24) is 15.3 Å². The Labute approximate surface area is 155 Å². The van der Waals surface area contributed by atoms with Gasteiger partial charge in [-0.25, -0.2) is 18.7 Å². The molecule has 1 heterocycles. The highest BCUT2D eigenvalue weighted by Gasteiger charge is 2.08. The standard InChI is InChI=1S/C20H18F2N4O/c21-17-7-5-14(6-8-17)9-10-23-20-25-12-16(13-26-20)19(27)24-11-15-3-1-2-4-18(15)22/h1-8,12-13H,9-11H2,(H,24,27)(H,23,25,26). The van der Waals surface area contributed by atoms with Gasteiger partial charge in [-0.2, -0.15) is 0 Å². The predicted octanol–water partition coefficient (Wildman–Crippen LogP) is 3.34. The van der Waals surface area contributed by atoms with Gasteiger partial charge in [0.2, 0.25) is 5.95 Å². The molecule has 0 saturated heterocycles. The first-order valence-electron chi connectivity index (χ1n) is 8.44. The van der Waals surface area contributed by atoms with Gasteiger partial charge in [0, 0.05) is 31.0 Å². The maximum atomic E-state index is 13.6. The second-order valence-corrected chi connectivity index (χ2v) is 5.87. The number of anilines is 1. The molecular weight excluding hydrogens is 350 g/mol. The Kier molecular flexibility index (Phi) is 6.04. The van der Waals surface area contributed by atoms with Crippen LogP contribution in [0, 0.1) is 11.6 Å². The number of aromatic nitrogens is 2. The summed E-state index contributed by atoms with van der Waals surface area (Å²) in [5.41, 5.74) is 1.69. The molecule has 3 aromatic rings. The predicted molar refractivity (Wildman–Crippen MR) is 98.2 cm³/mol. The molecular formula is C20H18F2N4O. The third kappa shape index (κ3) is 5.31. The fourth-order valence-electron chi connectivity index (χ4n) is 2.43. The number of hydrogen-bond donors (Lipinski definition) is 2. The van der Waals surface area contributed by atoms with Gasteiger partial charge in [0.05, 0.1) is 5.56 Å². The highest BCUT2D eigenvalue weighted by atomic mass is 19.1. The van der Waals surface area contributed by atoms with E-state index in [2.05, 4.69) is 20.6 Å². The van der Waals surface area contributed by atoms with E-state index < -0.39 is 0 Å². The van der Waals surface area contributed by atoms with Gasteiger partial charge in [-0.15, -0.1) is 0 Å². The van der Waals surface area contributed by atoms with Crippen molar-refractivity contribution < 1.29 is 13.6 Å². The number of hydrogen-bond acceptors (Lipinski definition) is 4. The third-order valence-corrected chi connectivity index (χ3v) is 3.92. The molecule has 2 N–H and O–H groups in total. The summed E-state index contributed by atoms with van der Waals surface area (Å²) in [5, 5.41) is 5.68. The average molecular weight is 368 g/mol. The van der Waals surface area contributed by atoms with Crippen LogP contribution in [-0.2, 0) is 13.0 Å². The Hall–Kier alpha value is -3.35. The van der Waals surface area contributed by atoms with Crippen LogP contribution in [0.15, 0.2) is 60.9 Å². The number of nitrogens with one attached hydrogen (secondary N) is 2. The van der Waals surface area contributed by atoms with Gasteiger partial charge < -0.3 is 10.6 Å². The molecule has 0 fully saturated rings. The van der Waals surface area contributed by atoms with E-state index in [1.807, 2.05) is 0 Å². The summed E-state index contributed by atoms with van der Waals surface area (Å²) in [5.74, 6) is -0.618. The van der Waals surface area contributed by atoms with Crippen molar-refractivity contribution in [3.05, 3.63) is 89.2 Å². The zero-order valence-corrected chi connectivity index (χ0v) is 14.5. The number of nitrogens with zero attached hydrogens (tertiary/aromatic N) is 2. The second kappa shape index (κ2) is 8.84. The molecule has 0 aliphatic rings. The summed E-state index contributed by atoms with van der Waals surface area (Å²) in [6.07, 6.45) is 3.50. The fourth-order valence-corrected chi connectivity index (χ4v) is 2.43. The third-order valence-electron chi connectivity index (χ3n) is 3.92. The van der Waals surface area contributed by atoms with Crippen LogP contribution in [-0.4, -0.2) is 22.4 Å². The summed E-state index contributed by atoms with van der Waals surface area (Å²) in [4.78, 5) is 20.3. The zero-order valence-electron chi connectivity index (χ0n) is 14.5. The van der Waals surface area contributed by atoms with E-state index >= 15 is 0 Å². The van der Waals surface area contributed by atoms with E-state index in [-0.39, 0.29) is 29.6 Å². The van der Waals surface area contributed by atoms with Gasteiger partial charge in [-0.1, -0.05) is 30.3 Å². The molecule has 5 nitrogen and oxygen atoms in total. The van der Waals surface area contributed by atoms with Crippen LogP contribution >= 0.6 is 0 Å². The van der Waals surface area contributed by atoms with Crippen molar-refractivity contribution in [2.24, 2.45) is 0 Å². The van der Waals surface area contributed by atoms with Crippen molar-refractivity contribution in [2.75, 3.05) is 11.9 Å². The Morgan fingerprint density at radius 1 is 0.963 bits per heavy atom. The van der Waals surface area contributed by atoms with Crippen LogP contribution in [0.4, 0.5) is 14.7 Å².